The summed E-state index contributed by atoms with van der Waals surface area (Å²) in [6, 6.07) is 12.3. The minimum absolute atomic E-state index is 0.152. The first-order valence-electron chi connectivity index (χ1n) is 11.7. The fraction of sp³-hybridized carbons (Fsp3) is 0.321. The maximum absolute atomic E-state index is 12.3. The van der Waals surface area contributed by atoms with E-state index in [0.29, 0.717) is 26.2 Å². The number of carbonyl (C=O) groups is 3. The van der Waals surface area contributed by atoms with Crippen molar-refractivity contribution in [1.82, 2.24) is 4.90 Å². The van der Waals surface area contributed by atoms with Gasteiger partial charge in [-0.05, 0) is 68.3 Å². The van der Waals surface area contributed by atoms with E-state index in [1.54, 1.807) is 29.2 Å². The minimum Gasteiger partial charge on any atom is -0.508 e. The lowest BCUT2D eigenvalue weighted by atomic mass is 10.1. The number of hydrogen-bond donors (Lipinski definition) is 1. The number of anilines is 1. The van der Waals surface area contributed by atoms with Gasteiger partial charge in [-0.25, -0.2) is 4.79 Å². The summed E-state index contributed by atoms with van der Waals surface area (Å²) >= 11 is 3.57. The van der Waals surface area contributed by atoms with Crippen molar-refractivity contribution in [3.05, 3.63) is 70.2 Å². The summed E-state index contributed by atoms with van der Waals surface area (Å²) in [5.41, 5.74) is 2.09. The van der Waals surface area contributed by atoms with E-state index in [2.05, 4.69) is 20.8 Å². The van der Waals surface area contributed by atoms with Crippen LogP contribution in [0.2, 0.25) is 0 Å². The maximum atomic E-state index is 12.3. The average molecular weight is 555 g/mol. The number of hydrogen-bond acceptors (Lipinski definition) is 6. The monoisotopic (exact) mass is 554 g/mol. The minimum atomic E-state index is -0.512. The summed E-state index contributed by atoms with van der Waals surface area (Å²) in [5.74, 6) is -0.430. The number of benzene rings is 2. The van der Waals surface area contributed by atoms with Crippen LogP contribution in [0, 0.1) is 0 Å². The molecule has 1 aliphatic rings. The molecule has 36 heavy (non-hydrogen) atoms. The Bertz CT molecular complexity index is 1160. The van der Waals surface area contributed by atoms with Gasteiger partial charge in [0, 0.05) is 36.3 Å². The Morgan fingerprint density at radius 3 is 2.14 bits per heavy atom. The number of phenols is 1. The van der Waals surface area contributed by atoms with E-state index in [4.69, 9.17) is 4.74 Å². The molecular formula is C28H31BrN2O5. The summed E-state index contributed by atoms with van der Waals surface area (Å²) in [6.07, 6.45) is 5.57. The van der Waals surface area contributed by atoms with Gasteiger partial charge in [-0.15, -0.1) is 0 Å². The predicted octanol–water partition coefficient (Wildman–Crippen LogP) is 5.47. The van der Waals surface area contributed by atoms with Crippen LogP contribution >= 0.6 is 15.9 Å². The van der Waals surface area contributed by atoms with Gasteiger partial charge < -0.3 is 19.6 Å². The Balaban J connectivity index is 1.51. The maximum Gasteiger partial charge on any atom is 0.410 e. The number of ketones is 2. The molecular weight excluding hydrogens is 524 g/mol. The lowest BCUT2D eigenvalue weighted by Gasteiger charge is -2.36. The predicted molar refractivity (Wildman–Crippen MR) is 145 cm³/mol. The highest BCUT2D eigenvalue weighted by atomic mass is 79.9. The van der Waals surface area contributed by atoms with Gasteiger partial charge in [0.05, 0.1) is 6.42 Å². The highest BCUT2D eigenvalue weighted by Gasteiger charge is 2.26. The van der Waals surface area contributed by atoms with Crippen LogP contribution < -0.4 is 4.90 Å². The molecule has 0 saturated carbocycles. The van der Waals surface area contributed by atoms with Gasteiger partial charge in [0.2, 0.25) is 0 Å². The number of halogens is 1. The van der Waals surface area contributed by atoms with E-state index >= 15 is 0 Å². The molecule has 7 nitrogen and oxygen atoms in total. The van der Waals surface area contributed by atoms with E-state index in [0.717, 1.165) is 21.3 Å². The SMILES string of the molecule is CC(C)(C)OC(=O)N1CCN(c2ccc(/C=C/C(=O)CC(=O)/C=C/c3ccc(O)cc3)c(Br)c2)CC1. The normalized spacial score (nSPS) is 14.4. The third-order valence-electron chi connectivity index (χ3n) is 5.43. The fourth-order valence-electron chi connectivity index (χ4n) is 3.57. The lowest BCUT2D eigenvalue weighted by Crippen LogP contribution is -2.50. The zero-order chi connectivity index (χ0) is 26.3. The van der Waals surface area contributed by atoms with Crippen LogP contribution in [0.5, 0.6) is 5.75 Å². The summed E-state index contributed by atoms with van der Waals surface area (Å²) in [6.45, 7) is 8.12. The zero-order valence-corrected chi connectivity index (χ0v) is 22.3. The van der Waals surface area contributed by atoms with Gasteiger partial charge in [-0.2, -0.15) is 0 Å². The summed E-state index contributed by atoms with van der Waals surface area (Å²) in [5, 5.41) is 9.30. The number of amides is 1. The van der Waals surface area contributed by atoms with Crippen molar-refractivity contribution in [2.45, 2.75) is 32.8 Å². The number of aromatic hydroxyl groups is 1. The number of carbonyl (C=O) groups excluding carboxylic acids is 3. The first-order valence-corrected chi connectivity index (χ1v) is 12.5. The smallest absolute Gasteiger partial charge is 0.410 e. The van der Waals surface area contributed by atoms with Crippen molar-refractivity contribution in [2.24, 2.45) is 0 Å². The molecule has 1 N–H and O–H groups in total. The Kier molecular flexibility index (Phi) is 9.09. The first-order chi connectivity index (χ1) is 17.0. The molecule has 1 heterocycles. The van der Waals surface area contributed by atoms with Gasteiger partial charge in [0.1, 0.15) is 11.4 Å². The third kappa shape index (κ3) is 8.37. The number of nitrogens with zero attached hydrogens (tertiary/aromatic N) is 2. The van der Waals surface area contributed by atoms with Crippen LogP contribution in [0.1, 0.15) is 38.3 Å². The highest BCUT2D eigenvalue weighted by Crippen LogP contribution is 2.26. The van der Waals surface area contributed by atoms with Crippen molar-refractivity contribution in [3.8, 4) is 5.75 Å². The molecule has 1 saturated heterocycles. The molecule has 1 fully saturated rings. The Labute approximate surface area is 220 Å². The number of rotatable bonds is 7. The molecule has 0 atom stereocenters. The lowest BCUT2D eigenvalue weighted by molar-refractivity contribution is -0.121. The van der Waals surface area contributed by atoms with E-state index < -0.39 is 5.60 Å². The molecule has 0 radical (unpaired) electrons. The van der Waals surface area contributed by atoms with Gasteiger partial charge in [-0.3, -0.25) is 9.59 Å². The average Bonchev–Trinajstić information content (AvgIpc) is 2.82. The van der Waals surface area contributed by atoms with Crippen molar-refractivity contribution >= 4 is 51.4 Å². The first kappa shape index (κ1) is 27.2. The number of phenolic OH excluding ortho intramolecular Hbond substituents is 1. The summed E-state index contributed by atoms with van der Waals surface area (Å²) in [7, 11) is 0. The largest absolute Gasteiger partial charge is 0.508 e. The molecule has 2 aromatic rings. The molecule has 0 unspecified atom stereocenters. The molecule has 3 rings (SSSR count). The molecule has 1 aliphatic heterocycles. The topological polar surface area (TPSA) is 87.2 Å². The van der Waals surface area contributed by atoms with Crippen LogP contribution in [-0.4, -0.2) is 59.4 Å². The van der Waals surface area contributed by atoms with Crippen molar-refractivity contribution < 1.29 is 24.2 Å². The van der Waals surface area contributed by atoms with Crippen LogP contribution in [0.25, 0.3) is 12.2 Å². The molecule has 0 spiro atoms. The number of allylic oxidation sites excluding steroid dienone is 2. The van der Waals surface area contributed by atoms with Crippen LogP contribution in [0.15, 0.2) is 59.1 Å². The Morgan fingerprint density at radius 1 is 0.944 bits per heavy atom. The molecule has 190 valence electrons. The third-order valence-corrected chi connectivity index (χ3v) is 6.12. The number of ether oxygens (including phenoxy) is 1. The Hall–Kier alpha value is -3.39. The van der Waals surface area contributed by atoms with Crippen LogP contribution in [0.4, 0.5) is 10.5 Å². The van der Waals surface area contributed by atoms with E-state index in [1.165, 1.54) is 24.3 Å². The molecule has 1 amide bonds. The van der Waals surface area contributed by atoms with Crippen LogP contribution in [-0.2, 0) is 14.3 Å². The standard InChI is InChI=1S/C28H31BrN2O5/c1-28(2,3)36-27(35)31-16-14-30(15-17-31)22-9-7-21(26(29)18-22)8-13-25(34)19-24(33)12-6-20-4-10-23(32)11-5-20/h4-13,18,32H,14-17,19H2,1-3H3/b12-6+,13-8+. The van der Waals surface area contributed by atoms with Gasteiger partial charge in [0.25, 0.3) is 0 Å². The second-order valence-electron chi connectivity index (χ2n) is 9.53. The Morgan fingerprint density at radius 2 is 1.56 bits per heavy atom. The van der Waals surface area contributed by atoms with Crippen molar-refractivity contribution in [3.63, 3.8) is 0 Å². The van der Waals surface area contributed by atoms with Gasteiger partial charge >= 0.3 is 6.09 Å². The molecule has 2 aromatic carbocycles. The van der Waals surface area contributed by atoms with E-state index in [-0.39, 0.29) is 29.8 Å². The van der Waals surface area contributed by atoms with Gasteiger partial charge in [-0.1, -0.05) is 46.3 Å². The molecule has 0 aliphatic carbocycles. The molecule has 8 heteroatoms. The summed E-state index contributed by atoms with van der Waals surface area (Å²) in [4.78, 5) is 40.5. The van der Waals surface area contributed by atoms with Crippen molar-refractivity contribution in [1.29, 1.82) is 0 Å². The van der Waals surface area contributed by atoms with Crippen molar-refractivity contribution in [2.75, 3.05) is 31.1 Å². The fourth-order valence-corrected chi connectivity index (χ4v) is 4.07. The van der Waals surface area contributed by atoms with Crippen LogP contribution in [0.3, 0.4) is 0 Å². The number of piperazine rings is 1. The highest BCUT2D eigenvalue weighted by molar-refractivity contribution is 9.10. The quantitative estimate of drug-likeness (QED) is 0.361. The van der Waals surface area contributed by atoms with Gasteiger partial charge in [0.15, 0.2) is 11.6 Å². The van der Waals surface area contributed by atoms with E-state index in [9.17, 15) is 19.5 Å². The second-order valence-corrected chi connectivity index (χ2v) is 10.4. The molecule has 0 aromatic heterocycles. The van der Waals surface area contributed by atoms with E-state index in [1.807, 2.05) is 39.0 Å². The summed E-state index contributed by atoms with van der Waals surface area (Å²) < 4.78 is 6.28. The zero-order valence-electron chi connectivity index (χ0n) is 20.7. The molecule has 0 bridgehead atoms. The second kappa shape index (κ2) is 12.0.